The fourth-order valence-corrected chi connectivity index (χ4v) is 2.22. The molecule has 0 saturated carbocycles. The summed E-state index contributed by atoms with van der Waals surface area (Å²) in [5.74, 6) is -0.717. The lowest BCUT2D eigenvalue weighted by Crippen LogP contribution is -2.24. The molecule has 1 aromatic heterocycles. The van der Waals surface area contributed by atoms with Crippen LogP contribution in [0.3, 0.4) is 0 Å². The lowest BCUT2D eigenvalue weighted by molar-refractivity contribution is -0.142. The topological polar surface area (TPSA) is 80.9 Å². The summed E-state index contributed by atoms with van der Waals surface area (Å²) in [6.45, 7) is 7.57. The number of aromatic nitrogens is 4. The summed E-state index contributed by atoms with van der Waals surface area (Å²) in [6.07, 6.45) is 0.594. The summed E-state index contributed by atoms with van der Waals surface area (Å²) in [5.41, 5.74) is 3.51. The Morgan fingerprint density at radius 3 is 2.71 bits per heavy atom. The molecule has 1 aromatic carbocycles. The van der Waals surface area contributed by atoms with Gasteiger partial charge in [-0.3, -0.25) is 4.79 Å². The second kappa shape index (κ2) is 6.03. The number of rotatable bonds is 5. The molecule has 6 nitrogen and oxygen atoms in total. The molecular formula is C15H20N4O2. The standard InChI is InChI=1S/C15H20N4O2/c1-9-5-6-10(2)13(7-9)8-14-16-17-18-19(14)12(4)11(3)15(20)21/h5-7,11-12H,8H2,1-4H3,(H,20,21). The van der Waals surface area contributed by atoms with Gasteiger partial charge in [-0.15, -0.1) is 5.10 Å². The molecule has 112 valence electrons. The molecule has 0 radical (unpaired) electrons. The van der Waals surface area contributed by atoms with Gasteiger partial charge >= 0.3 is 5.97 Å². The molecular weight excluding hydrogens is 268 g/mol. The quantitative estimate of drug-likeness (QED) is 0.911. The van der Waals surface area contributed by atoms with Crippen LogP contribution < -0.4 is 0 Å². The molecule has 2 rings (SSSR count). The zero-order valence-electron chi connectivity index (χ0n) is 12.7. The van der Waals surface area contributed by atoms with Gasteiger partial charge in [-0.05, 0) is 49.2 Å². The normalized spacial score (nSPS) is 13.9. The highest BCUT2D eigenvalue weighted by molar-refractivity contribution is 5.70. The maximum Gasteiger partial charge on any atom is 0.308 e. The van der Waals surface area contributed by atoms with E-state index in [0.717, 1.165) is 5.56 Å². The van der Waals surface area contributed by atoms with Crippen LogP contribution in [0.2, 0.25) is 0 Å². The third kappa shape index (κ3) is 3.26. The van der Waals surface area contributed by atoms with Crippen LogP contribution in [0.25, 0.3) is 0 Å². The Balaban J connectivity index is 2.28. The molecule has 2 unspecified atom stereocenters. The van der Waals surface area contributed by atoms with Gasteiger partial charge in [0.2, 0.25) is 0 Å². The van der Waals surface area contributed by atoms with E-state index in [1.807, 2.05) is 20.8 Å². The van der Waals surface area contributed by atoms with E-state index in [-0.39, 0.29) is 6.04 Å². The van der Waals surface area contributed by atoms with Crippen molar-refractivity contribution in [2.24, 2.45) is 5.92 Å². The van der Waals surface area contributed by atoms with Crippen LogP contribution >= 0.6 is 0 Å². The van der Waals surface area contributed by atoms with Crippen molar-refractivity contribution in [1.82, 2.24) is 20.2 Å². The second-order valence-electron chi connectivity index (χ2n) is 5.51. The molecule has 0 saturated heterocycles. The number of nitrogens with zero attached hydrogens (tertiary/aromatic N) is 4. The summed E-state index contributed by atoms with van der Waals surface area (Å²) in [5, 5.41) is 20.8. The Bertz CT molecular complexity index is 651. The third-order valence-electron chi connectivity index (χ3n) is 3.91. The number of carboxylic acids is 1. The lowest BCUT2D eigenvalue weighted by Gasteiger charge is -2.17. The molecule has 0 aliphatic rings. The number of hydrogen-bond donors (Lipinski definition) is 1. The van der Waals surface area contributed by atoms with Gasteiger partial charge in [0, 0.05) is 6.42 Å². The van der Waals surface area contributed by atoms with Gasteiger partial charge in [-0.1, -0.05) is 23.8 Å². The first-order chi connectivity index (χ1) is 9.90. The predicted molar refractivity (Wildman–Crippen MR) is 78.0 cm³/mol. The Morgan fingerprint density at radius 1 is 1.33 bits per heavy atom. The summed E-state index contributed by atoms with van der Waals surface area (Å²) in [6, 6.07) is 5.95. The van der Waals surface area contributed by atoms with E-state index in [2.05, 4.69) is 33.7 Å². The number of carbonyl (C=O) groups is 1. The van der Waals surface area contributed by atoms with Gasteiger partial charge in [0.15, 0.2) is 5.82 Å². The van der Waals surface area contributed by atoms with Crippen molar-refractivity contribution < 1.29 is 9.90 Å². The lowest BCUT2D eigenvalue weighted by atomic mass is 10.0. The molecule has 0 fully saturated rings. The minimum atomic E-state index is -0.851. The zero-order chi connectivity index (χ0) is 15.6. The van der Waals surface area contributed by atoms with E-state index < -0.39 is 11.9 Å². The van der Waals surface area contributed by atoms with E-state index in [1.54, 1.807) is 11.6 Å². The molecule has 2 aromatic rings. The first-order valence-electron chi connectivity index (χ1n) is 6.95. The van der Waals surface area contributed by atoms with Crippen molar-refractivity contribution >= 4 is 5.97 Å². The SMILES string of the molecule is Cc1ccc(C)c(Cc2nnnn2C(C)C(C)C(=O)O)c1. The minimum absolute atomic E-state index is 0.294. The van der Waals surface area contributed by atoms with Gasteiger partial charge in [0.1, 0.15) is 0 Å². The monoisotopic (exact) mass is 288 g/mol. The van der Waals surface area contributed by atoms with E-state index >= 15 is 0 Å². The molecule has 1 heterocycles. The number of benzene rings is 1. The molecule has 0 spiro atoms. The van der Waals surface area contributed by atoms with Gasteiger partial charge in [-0.2, -0.15) is 0 Å². The third-order valence-corrected chi connectivity index (χ3v) is 3.91. The fraction of sp³-hybridized carbons (Fsp3) is 0.467. The molecule has 2 atom stereocenters. The van der Waals surface area contributed by atoms with Crippen LogP contribution in [0.5, 0.6) is 0 Å². The first kappa shape index (κ1) is 15.2. The van der Waals surface area contributed by atoms with E-state index in [0.29, 0.717) is 12.2 Å². The Hall–Kier alpha value is -2.24. The van der Waals surface area contributed by atoms with Crippen molar-refractivity contribution in [2.45, 2.75) is 40.2 Å². The summed E-state index contributed by atoms with van der Waals surface area (Å²) in [4.78, 5) is 11.1. The van der Waals surface area contributed by atoms with Crippen LogP contribution in [0.1, 0.15) is 42.4 Å². The maximum absolute atomic E-state index is 11.1. The molecule has 0 aliphatic heterocycles. The van der Waals surface area contributed by atoms with Crippen molar-refractivity contribution in [3.8, 4) is 0 Å². The molecule has 0 amide bonds. The average Bonchev–Trinajstić information content (AvgIpc) is 2.89. The van der Waals surface area contributed by atoms with Crippen LogP contribution in [-0.2, 0) is 11.2 Å². The smallest absolute Gasteiger partial charge is 0.308 e. The fourth-order valence-electron chi connectivity index (χ4n) is 2.22. The Labute approximate surface area is 123 Å². The number of aryl methyl sites for hydroxylation is 2. The summed E-state index contributed by atoms with van der Waals surface area (Å²) in [7, 11) is 0. The summed E-state index contributed by atoms with van der Waals surface area (Å²) < 4.78 is 1.61. The largest absolute Gasteiger partial charge is 0.481 e. The van der Waals surface area contributed by atoms with Gasteiger partial charge < -0.3 is 5.11 Å². The van der Waals surface area contributed by atoms with Gasteiger partial charge in [0.05, 0.1) is 12.0 Å². The molecule has 1 N–H and O–H groups in total. The highest BCUT2D eigenvalue weighted by Gasteiger charge is 2.24. The molecule has 21 heavy (non-hydrogen) atoms. The van der Waals surface area contributed by atoms with Crippen LogP contribution in [0, 0.1) is 19.8 Å². The highest BCUT2D eigenvalue weighted by Crippen LogP contribution is 2.20. The van der Waals surface area contributed by atoms with Gasteiger partial charge in [-0.25, -0.2) is 4.68 Å². The summed E-state index contributed by atoms with van der Waals surface area (Å²) >= 11 is 0. The second-order valence-corrected chi connectivity index (χ2v) is 5.51. The first-order valence-corrected chi connectivity index (χ1v) is 6.95. The maximum atomic E-state index is 11.1. The number of aliphatic carboxylic acids is 1. The van der Waals surface area contributed by atoms with E-state index in [1.165, 1.54) is 11.1 Å². The van der Waals surface area contributed by atoms with Crippen molar-refractivity contribution in [2.75, 3.05) is 0 Å². The van der Waals surface area contributed by atoms with E-state index in [9.17, 15) is 4.79 Å². The Morgan fingerprint density at radius 2 is 2.05 bits per heavy atom. The van der Waals surface area contributed by atoms with Gasteiger partial charge in [0.25, 0.3) is 0 Å². The highest BCUT2D eigenvalue weighted by atomic mass is 16.4. The molecule has 0 bridgehead atoms. The minimum Gasteiger partial charge on any atom is -0.481 e. The van der Waals surface area contributed by atoms with Crippen molar-refractivity contribution in [3.63, 3.8) is 0 Å². The van der Waals surface area contributed by atoms with Crippen LogP contribution in [0.15, 0.2) is 18.2 Å². The number of carboxylic acid groups (broad SMARTS) is 1. The van der Waals surface area contributed by atoms with Crippen molar-refractivity contribution in [3.05, 3.63) is 40.7 Å². The van der Waals surface area contributed by atoms with Crippen LogP contribution in [-0.4, -0.2) is 31.3 Å². The van der Waals surface area contributed by atoms with E-state index in [4.69, 9.17) is 5.11 Å². The molecule has 6 heteroatoms. The number of tetrazole rings is 1. The average molecular weight is 288 g/mol. The Kier molecular flexibility index (Phi) is 4.35. The predicted octanol–water partition coefficient (Wildman–Crippen LogP) is 2.16. The number of hydrogen-bond acceptors (Lipinski definition) is 4. The molecule has 0 aliphatic carbocycles. The van der Waals surface area contributed by atoms with Crippen LogP contribution in [0.4, 0.5) is 0 Å². The van der Waals surface area contributed by atoms with Crippen molar-refractivity contribution in [1.29, 1.82) is 0 Å². The zero-order valence-corrected chi connectivity index (χ0v) is 12.7.